The molecule has 0 bridgehead atoms. The molecule has 15 heteroatoms. The molecular weight excluding hydrogens is 667 g/mol. The van der Waals surface area contributed by atoms with Crippen molar-refractivity contribution in [2.45, 2.75) is 25.9 Å². The second-order valence-electron chi connectivity index (χ2n) is 12.1. The molecule has 1 aromatic carbocycles. The van der Waals surface area contributed by atoms with Crippen LogP contribution in [-0.2, 0) is 11.2 Å². The number of halogens is 2. The molecule has 1 N–H and O–H groups in total. The lowest BCUT2D eigenvalue weighted by atomic mass is 10.1. The lowest BCUT2D eigenvalue weighted by Crippen LogP contribution is -2.50. The van der Waals surface area contributed by atoms with Crippen LogP contribution in [-0.4, -0.2) is 104 Å². The first-order valence-electron chi connectivity index (χ1n) is 16.0. The molecule has 2 aliphatic rings. The Morgan fingerprint density at radius 1 is 1.04 bits per heavy atom. The van der Waals surface area contributed by atoms with Gasteiger partial charge in [-0.1, -0.05) is 18.3 Å². The van der Waals surface area contributed by atoms with Crippen LogP contribution in [0.3, 0.4) is 0 Å². The summed E-state index contributed by atoms with van der Waals surface area (Å²) in [5.74, 6) is 1.22. The molecule has 2 fully saturated rings. The molecule has 1 atom stereocenters. The minimum absolute atomic E-state index is 0. The third kappa shape index (κ3) is 6.93. The molecule has 0 radical (unpaired) electrons. The van der Waals surface area contributed by atoms with Gasteiger partial charge in [-0.2, -0.15) is 5.26 Å². The fraction of sp³-hybridized carbons (Fsp3) is 0.353. The van der Waals surface area contributed by atoms with E-state index in [4.69, 9.17) is 19.9 Å². The van der Waals surface area contributed by atoms with Crippen molar-refractivity contribution in [1.82, 2.24) is 34.1 Å². The lowest BCUT2D eigenvalue weighted by Gasteiger charge is -2.35. The van der Waals surface area contributed by atoms with Crippen molar-refractivity contribution in [2.24, 2.45) is 0 Å². The lowest BCUT2D eigenvalue weighted by molar-refractivity contribution is -0.131. The molecule has 2 aliphatic heterocycles. The number of anilines is 3. The summed E-state index contributed by atoms with van der Waals surface area (Å²) in [6.07, 6.45) is 6.61. The molecule has 12 nitrogen and oxygen atoms in total. The molecule has 6 heterocycles. The van der Waals surface area contributed by atoms with Crippen molar-refractivity contribution in [3.63, 3.8) is 0 Å². The van der Waals surface area contributed by atoms with Gasteiger partial charge in [-0.25, -0.2) is 24.3 Å². The van der Waals surface area contributed by atoms with Crippen molar-refractivity contribution in [2.75, 3.05) is 62.7 Å². The molecule has 49 heavy (non-hydrogen) atoms. The first-order chi connectivity index (χ1) is 23.3. The summed E-state index contributed by atoms with van der Waals surface area (Å²) in [4.78, 5) is 40.1. The topological polar surface area (TPSA) is 130 Å². The number of fused-ring (bicyclic) bond motifs is 1. The van der Waals surface area contributed by atoms with E-state index in [0.717, 1.165) is 54.5 Å². The van der Waals surface area contributed by atoms with Gasteiger partial charge in [-0.3, -0.25) is 14.1 Å². The second-order valence-corrected chi connectivity index (χ2v) is 13.0. The fourth-order valence-corrected chi connectivity index (χ4v) is 7.11. The second kappa shape index (κ2) is 14.4. The van der Waals surface area contributed by atoms with Gasteiger partial charge in [0.2, 0.25) is 11.9 Å². The minimum atomic E-state index is -0.407. The summed E-state index contributed by atoms with van der Waals surface area (Å²) in [6.45, 7) is 6.39. The molecule has 2 saturated heterocycles. The monoisotopic (exact) mass is 702 g/mol. The van der Waals surface area contributed by atoms with E-state index >= 15 is 0 Å². The van der Waals surface area contributed by atoms with Crippen molar-refractivity contribution >= 4 is 52.2 Å². The van der Waals surface area contributed by atoms with Crippen LogP contribution >= 0.6 is 23.7 Å². The maximum atomic E-state index is 13.6. The van der Waals surface area contributed by atoms with Crippen LogP contribution in [0, 0.1) is 17.1 Å². The van der Waals surface area contributed by atoms with E-state index in [1.54, 1.807) is 17.0 Å². The smallest absolute Gasteiger partial charge is 0.236 e. The zero-order chi connectivity index (χ0) is 33.4. The van der Waals surface area contributed by atoms with E-state index < -0.39 is 6.10 Å². The highest BCUT2D eigenvalue weighted by atomic mass is 35.5. The first kappa shape index (κ1) is 34.2. The van der Waals surface area contributed by atoms with Crippen LogP contribution in [0.25, 0.3) is 28.0 Å². The van der Waals surface area contributed by atoms with E-state index in [1.165, 1.54) is 23.5 Å². The summed E-state index contributed by atoms with van der Waals surface area (Å²) in [5.41, 5.74) is 4.65. The van der Waals surface area contributed by atoms with Gasteiger partial charge in [0.25, 0.3) is 0 Å². The number of aliphatic hydroxyl groups is 1. The highest BCUT2D eigenvalue weighted by Gasteiger charge is 2.28. The molecule has 0 saturated carbocycles. The Hall–Kier alpha value is -4.68. The zero-order valence-corrected chi connectivity index (χ0v) is 28.8. The highest BCUT2D eigenvalue weighted by Crippen LogP contribution is 2.37. The number of benzene rings is 1. The van der Waals surface area contributed by atoms with E-state index in [-0.39, 0.29) is 24.1 Å². The number of β-amino-alcohol motifs (C(OH)–C–C–N with tert-alkyl or cyclic N) is 1. The number of piperazine rings is 1. The molecule has 5 aromatic rings. The summed E-state index contributed by atoms with van der Waals surface area (Å²) >= 11 is 1.28. The van der Waals surface area contributed by atoms with Gasteiger partial charge in [0, 0.05) is 81.6 Å². The van der Waals surface area contributed by atoms with Gasteiger partial charge in [0.05, 0.1) is 18.3 Å². The first-order valence-corrected chi connectivity index (χ1v) is 16.8. The molecule has 1 amide bonds. The van der Waals surface area contributed by atoms with Crippen molar-refractivity contribution < 1.29 is 14.3 Å². The van der Waals surface area contributed by atoms with E-state index in [2.05, 4.69) is 22.8 Å². The highest BCUT2D eigenvalue weighted by molar-refractivity contribution is 7.16. The van der Waals surface area contributed by atoms with Crippen LogP contribution in [0.2, 0.25) is 0 Å². The van der Waals surface area contributed by atoms with Gasteiger partial charge in [-0.05, 0) is 49.2 Å². The Morgan fingerprint density at radius 2 is 1.76 bits per heavy atom. The largest absolute Gasteiger partial charge is 0.391 e. The standard InChI is InChI=1S/C34H35FN10O2S.ClH/c1-3-27-32(41(2)34-40-31(28(16-36)48-34)22-4-7-25(35)8-5-22)45-19-23(6-9-29(45)39-27)24-17-37-33(38-18-24)43-14-12-42(13-15-43)21-30(47)44-11-10-26(46)20-44;/h4-9,17-19,26,46H,3,10-15,20-21H2,1-2H3;1H/t26-;/m0./s1. The normalized spacial score (nSPS) is 16.5. The molecule has 7 rings (SSSR count). The Balaban J connectivity index is 0.00000417. The Morgan fingerprint density at radius 3 is 2.41 bits per heavy atom. The quantitative estimate of drug-likeness (QED) is 0.249. The maximum absolute atomic E-state index is 13.6. The molecule has 0 unspecified atom stereocenters. The number of hydrogen-bond acceptors (Lipinski definition) is 11. The molecule has 0 spiro atoms. The van der Waals surface area contributed by atoms with E-state index in [9.17, 15) is 19.6 Å². The van der Waals surface area contributed by atoms with Gasteiger partial charge >= 0.3 is 0 Å². The van der Waals surface area contributed by atoms with Crippen LogP contribution in [0.1, 0.15) is 23.9 Å². The Kier molecular flexibility index (Phi) is 10.1. The van der Waals surface area contributed by atoms with Crippen LogP contribution in [0.15, 0.2) is 55.0 Å². The van der Waals surface area contributed by atoms with Gasteiger partial charge in [0.15, 0.2) is 5.13 Å². The third-order valence-electron chi connectivity index (χ3n) is 8.94. The number of hydrogen-bond donors (Lipinski definition) is 1. The fourth-order valence-electron chi connectivity index (χ4n) is 6.27. The molecule has 4 aromatic heterocycles. The Bertz CT molecular complexity index is 1990. The van der Waals surface area contributed by atoms with Gasteiger partial charge < -0.3 is 19.8 Å². The van der Waals surface area contributed by atoms with Gasteiger partial charge in [0.1, 0.15) is 33.9 Å². The van der Waals surface area contributed by atoms with E-state index in [0.29, 0.717) is 59.7 Å². The average Bonchev–Trinajstić information content (AvgIpc) is 3.85. The van der Waals surface area contributed by atoms with E-state index in [1.807, 2.05) is 47.1 Å². The van der Waals surface area contributed by atoms with Crippen molar-refractivity contribution in [1.29, 1.82) is 5.26 Å². The summed E-state index contributed by atoms with van der Waals surface area (Å²) in [7, 11) is 1.91. The average molecular weight is 703 g/mol. The number of nitrogens with zero attached hydrogens (tertiary/aromatic N) is 10. The summed E-state index contributed by atoms with van der Waals surface area (Å²) in [6, 6.07) is 12.2. The van der Waals surface area contributed by atoms with Crippen molar-refractivity contribution in [3.05, 3.63) is 71.4 Å². The number of likely N-dealkylation sites (tertiary alicyclic amines) is 1. The molecule has 254 valence electrons. The Labute approximate surface area is 293 Å². The number of aryl methyl sites for hydroxylation is 1. The minimum Gasteiger partial charge on any atom is -0.391 e. The van der Waals surface area contributed by atoms with Gasteiger partial charge in [-0.15, -0.1) is 12.4 Å². The third-order valence-corrected chi connectivity index (χ3v) is 9.98. The number of rotatable bonds is 8. The van der Waals surface area contributed by atoms with Crippen LogP contribution in [0.5, 0.6) is 0 Å². The number of amides is 1. The molecular formula is C34H36ClFN10O2S. The predicted molar refractivity (Wildman–Crippen MR) is 189 cm³/mol. The number of aromatic nitrogens is 5. The van der Waals surface area contributed by atoms with Crippen LogP contribution in [0.4, 0.5) is 21.3 Å². The maximum Gasteiger partial charge on any atom is 0.236 e. The SMILES string of the molecule is CCc1nc2ccc(-c3cnc(N4CCN(CC(=O)N5CC[C@H](O)C5)CC4)nc3)cn2c1N(C)c1nc(-c2ccc(F)cc2)c(C#N)s1.Cl. The number of pyridine rings is 1. The number of thiazole rings is 1. The summed E-state index contributed by atoms with van der Waals surface area (Å²) in [5, 5.41) is 20.2. The number of carbonyl (C=O) groups is 1. The number of aliphatic hydroxyl groups excluding tert-OH is 1. The number of imidazole rings is 1. The molecule has 0 aliphatic carbocycles. The van der Waals surface area contributed by atoms with Crippen LogP contribution < -0.4 is 9.80 Å². The predicted octanol–water partition coefficient (Wildman–Crippen LogP) is 4.39. The zero-order valence-electron chi connectivity index (χ0n) is 27.2. The summed E-state index contributed by atoms with van der Waals surface area (Å²) < 4.78 is 15.6. The number of nitriles is 1. The number of carbonyl (C=O) groups excluding carboxylic acids is 1. The van der Waals surface area contributed by atoms with Crippen molar-refractivity contribution in [3.8, 4) is 28.5 Å².